The highest BCUT2D eigenvalue weighted by Gasteiger charge is 2.40. The number of nitrogens with zero attached hydrogens (tertiary/aromatic N) is 3. The van der Waals surface area contributed by atoms with Gasteiger partial charge < -0.3 is 0 Å². The summed E-state index contributed by atoms with van der Waals surface area (Å²) in [4.78, 5) is 34.1. The summed E-state index contributed by atoms with van der Waals surface area (Å²) in [7, 11) is 0. The number of carbonyl (C=O) groups excluding carboxylic acids is 1. The Labute approximate surface area is 166 Å². The molecule has 3 aromatic rings. The van der Waals surface area contributed by atoms with E-state index < -0.39 is 9.85 Å². The Balaban J connectivity index is 1.68. The van der Waals surface area contributed by atoms with Crippen LogP contribution in [0, 0.1) is 20.2 Å². The van der Waals surface area contributed by atoms with Gasteiger partial charge in [-0.2, -0.15) is 0 Å². The lowest BCUT2D eigenvalue weighted by Crippen LogP contribution is -2.40. The van der Waals surface area contributed by atoms with Crippen LogP contribution in [0.25, 0.3) is 17.3 Å². The van der Waals surface area contributed by atoms with E-state index in [4.69, 9.17) is 0 Å². The Bertz CT molecular complexity index is 1170. The van der Waals surface area contributed by atoms with Gasteiger partial charge in [-0.15, -0.1) is 4.57 Å². The molecule has 0 amide bonds. The minimum atomic E-state index is -0.482. The number of hydrogen-bond donors (Lipinski definition) is 0. The molecule has 1 aliphatic heterocycles. The van der Waals surface area contributed by atoms with Crippen LogP contribution in [0.4, 0.5) is 11.4 Å². The van der Waals surface area contributed by atoms with Crippen molar-refractivity contribution in [1.29, 1.82) is 0 Å². The molecule has 2 heterocycles. The number of benzene rings is 2. The number of carbonyl (C=O) groups is 1. The van der Waals surface area contributed by atoms with Crippen molar-refractivity contribution in [3.05, 3.63) is 84.6 Å². The third-order valence-corrected chi connectivity index (χ3v) is 6.19. The van der Waals surface area contributed by atoms with Gasteiger partial charge in [-0.05, 0) is 23.8 Å². The first-order valence-electron chi connectivity index (χ1n) is 7.91. The van der Waals surface area contributed by atoms with Crippen molar-refractivity contribution in [2.45, 2.75) is 4.34 Å². The van der Waals surface area contributed by atoms with Crippen molar-refractivity contribution in [2.24, 2.45) is 0 Å². The molecule has 2 aromatic carbocycles. The van der Waals surface area contributed by atoms with Gasteiger partial charge in [0.05, 0.1) is 15.2 Å². The second kappa shape index (κ2) is 6.98. The molecule has 0 aliphatic carbocycles. The highest BCUT2D eigenvalue weighted by Crippen LogP contribution is 2.38. The maximum absolute atomic E-state index is 12.9. The van der Waals surface area contributed by atoms with Crippen LogP contribution in [0.1, 0.15) is 10.4 Å². The van der Waals surface area contributed by atoms with E-state index in [0.29, 0.717) is 21.7 Å². The van der Waals surface area contributed by atoms with E-state index >= 15 is 0 Å². The van der Waals surface area contributed by atoms with Gasteiger partial charge in [-0.25, -0.2) is 4.79 Å². The Morgan fingerprint density at radius 3 is 2.36 bits per heavy atom. The Morgan fingerprint density at radius 1 is 0.964 bits per heavy atom. The number of aromatic nitrogens is 1. The molecular weight excluding hydrogens is 402 g/mol. The Kier molecular flexibility index (Phi) is 4.49. The molecule has 0 atom stereocenters. The van der Waals surface area contributed by atoms with Gasteiger partial charge in [0, 0.05) is 41.6 Å². The fourth-order valence-corrected chi connectivity index (χ4v) is 4.92. The number of fused-ring (bicyclic) bond motifs is 1. The van der Waals surface area contributed by atoms with Crippen molar-refractivity contribution >= 4 is 46.5 Å². The molecule has 1 aromatic heterocycles. The molecule has 1 aliphatic rings. The van der Waals surface area contributed by atoms with Gasteiger partial charge in [0.2, 0.25) is 5.69 Å². The highest BCUT2D eigenvalue weighted by molar-refractivity contribution is 8.05. The molecular formula is C18H10N3O5S2+. The number of hydrogen-bond acceptors (Lipinski definition) is 7. The largest absolute Gasteiger partial charge is 0.433 e. The van der Waals surface area contributed by atoms with Crippen molar-refractivity contribution in [3.63, 3.8) is 0 Å². The SMILES string of the molecule is O=C1C(=Cc2cccc([N+](=O)[O-])c2)Sc2scc(-c3ccc([N+](=O)[O-])cc3)[n+]21. The molecule has 28 heavy (non-hydrogen) atoms. The van der Waals surface area contributed by atoms with Crippen molar-refractivity contribution in [2.75, 3.05) is 0 Å². The molecule has 0 radical (unpaired) electrons. The first kappa shape index (κ1) is 18.0. The average Bonchev–Trinajstić information content (AvgIpc) is 3.23. The van der Waals surface area contributed by atoms with Crippen LogP contribution in [0.3, 0.4) is 0 Å². The van der Waals surface area contributed by atoms with Crippen LogP contribution in [0.15, 0.2) is 63.2 Å². The fraction of sp³-hybridized carbons (Fsp3) is 0. The van der Waals surface area contributed by atoms with Gasteiger partial charge in [-0.1, -0.05) is 23.5 Å². The summed E-state index contributed by atoms with van der Waals surface area (Å²) < 4.78 is 2.31. The Hall–Kier alpha value is -3.37. The number of allylic oxidation sites excluding steroid dienone is 1. The molecule has 0 N–H and O–H groups in total. The first-order chi connectivity index (χ1) is 13.4. The van der Waals surface area contributed by atoms with Crippen molar-refractivity contribution < 1.29 is 19.2 Å². The summed E-state index contributed by atoms with van der Waals surface area (Å²) >= 11 is 2.68. The van der Waals surface area contributed by atoms with E-state index in [1.54, 1.807) is 34.9 Å². The molecule has 0 fully saturated rings. The van der Waals surface area contributed by atoms with Crippen LogP contribution < -0.4 is 4.57 Å². The lowest BCUT2D eigenvalue weighted by Gasteiger charge is -1.96. The molecule has 4 rings (SSSR count). The van der Waals surface area contributed by atoms with Gasteiger partial charge in [-0.3, -0.25) is 20.2 Å². The molecule has 0 saturated heterocycles. The Morgan fingerprint density at radius 2 is 1.68 bits per heavy atom. The number of thioether (sulfide) groups is 1. The van der Waals surface area contributed by atoms with Gasteiger partial charge in [0.1, 0.15) is 4.91 Å². The first-order valence-corrected chi connectivity index (χ1v) is 9.61. The quantitative estimate of drug-likeness (QED) is 0.274. The molecule has 8 nitrogen and oxygen atoms in total. The molecule has 138 valence electrons. The van der Waals surface area contributed by atoms with Crippen LogP contribution in [0.2, 0.25) is 0 Å². The number of rotatable bonds is 4. The summed E-state index contributed by atoms with van der Waals surface area (Å²) in [6, 6.07) is 12.1. The monoisotopic (exact) mass is 412 g/mol. The second-order valence-corrected chi connectivity index (χ2v) is 7.94. The smallest absolute Gasteiger partial charge is 0.258 e. The van der Waals surface area contributed by atoms with Gasteiger partial charge in [0.15, 0.2) is 0 Å². The predicted octanol–water partition coefficient (Wildman–Crippen LogP) is 4.31. The minimum absolute atomic E-state index is 0.0208. The summed E-state index contributed by atoms with van der Waals surface area (Å²) in [6.07, 6.45) is 1.62. The third-order valence-electron chi connectivity index (χ3n) is 4.06. The van der Waals surface area contributed by atoms with E-state index in [9.17, 15) is 25.0 Å². The van der Waals surface area contributed by atoms with Crippen LogP contribution in [-0.2, 0) is 0 Å². The van der Waals surface area contributed by atoms with Crippen LogP contribution in [0.5, 0.6) is 0 Å². The molecule has 10 heteroatoms. The number of nitro groups is 2. The topological polar surface area (TPSA) is 107 Å². The molecule has 0 unspecified atom stereocenters. The highest BCUT2D eigenvalue weighted by atomic mass is 32.2. The standard InChI is InChI=1S/C18H10N3O5S2/c22-17-16(9-11-2-1-3-14(8-11)21(25)26)28-18-19(17)15(10-27-18)12-4-6-13(7-5-12)20(23)24/h1-10H/q+1. The van der Waals surface area contributed by atoms with E-state index in [2.05, 4.69) is 0 Å². The van der Waals surface area contributed by atoms with E-state index in [1.165, 1.54) is 47.4 Å². The normalized spacial score (nSPS) is 14.3. The van der Waals surface area contributed by atoms with Crippen molar-refractivity contribution in [3.8, 4) is 11.3 Å². The zero-order valence-corrected chi connectivity index (χ0v) is 15.6. The summed E-state index contributed by atoms with van der Waals surface area (Å²) in [5, 5.41) is 23.6. The van der Waals surface area contributed by atoms with Crippen molar-refractivity contribution in [1.82, 2.24) is 0 Å². The molecule has 0 spiro atoms. The second-order valence-electron chi connectivity index (χ2n) is 5.79. The lowest BCUT2D eigenvalue weighted by molar-refractivity contribution is -0.588. The lowest BCUT2D eigenvalue weighted by atomic mass is 10.1. The fourth-order valence-electron chi connectivity index (χ4n) is 2.74. The van der Waals surface area contributed by atoms with Gasteiger partial charge in [0.25, 0.3) is 11.4 Å². The molecule has 0 bridgehead atoms. The summed E-state index contributed by atoms with van der Waals surface area (Å²) in [5.41, 5.74) is 1.84. The molecule has 0 saturated carbocycles. The third kappa shape index (κ3) is 3.19. The number of nitro benzene ring substituents is 2. The number of thiazole rings is 1. The minimum Gasteiger partial charge on any atom is -0.258 e. The summed E-state index contributed by atoms with van der Waals surface area (Å²) in [5.74, 6) is -0.235. The predicted molar refractivity (Wildman–Crippen MR) is 104 cm³/mol. The number of non-ortho nitro benzene ring substituents is 2. The maximum atomic E-state index is 12.9. The van der Waals surface area contributed by atoms with E-state index in [1.807, 2.05) is 5.38 Å². The van der Waals surface area contributed by atoms with Crippen LogP contribution in [-0.4, -0.2) is 15.8 Å². The average molecular weight is 412 g/mol. The zero-order valence-electron chi connectivity index (χ0n) is 14.0. The summed E-state index contributed by atoms with van der Waals surface area (Å²) in [6.45, 7) is 0. The van der Waals surface area contributed by atoms with E-state index in [-0.39, 0.29) is 17.3 Å². The zero-order chi connectivity index (χ0) is 19.8. The van der Waals surface area contributed by atoms with Gasteiger partial charge >= 0.3 is 10.2 Å². The maximum Gasteiger partial charge on any atom is 0.433 e. The van der Waals surface area contributed by atoms with Crippen LogP contribution >= 0.6 is 23.1 Å². The van der Waals surface area contributed by atoms with E-state index in [0.717, 1.165) is 4.34 Å².